The van der Waals surface area contributed by atoms with E-state index in [-0.39, 0.29) is 6.10 Å². The van der Waals surface area contributed by atoms with E-state index in [1.54, 1.807) is 7.11 Å². The first-order valence-electron chi connectivity index (χ1n) is 7.78. The molecule has 1 unspecified atom stereocenters. The molecule has 1 N–H and O–H groups in total. The molecule has 0 amide bonds. The first-order valence-corrected chi connectivity index (χ1v) is 9.00. The summed E-state index contributed by atoms with van der Waals surface area (Å²) in [7, 11) is 1.75. The first kappa shape index (κ1) is 15.0. The molecule has 1 aromatic rings. The highest BCUT2D eigenvalue weighted by Gasteiger charge is 2.35. The quantitative estimate of drug-likeness (QED) is 0.872. The van der Waals surface area contributed by atoms with Crippen molar-refractivity contribution < 1.29 is 9.47 Å². The van der Waals surface area contributed by atoms with Crippen LogP contribution in [0.15, 0.2) is 12.1 Å². The number of fused-ring (bicyclic) bond motifs is 1. The monoisotopic (exact) mass is 307 g/mol. The van der Waals surface area contributed by atoms with E-state index < -0.39 is 0 Å². The van der Waals surface area contributed by atoms with Crippen LogP contribution in [0.25, 0.3) is 0 Å². The maximum atomic E-state index is 5.86. The fourth-order valence-corrected chi connectivity index (χ4v) is 4.20. The maximum Gasteiger partial charge on any atom is 0.123 e. The van der Waals surface area contributed by atoms with Crippen molar-refractivity contribution in [1.82, 2.24) is 5.32 Å². The van der Waals surface area contributed by atoms with Crippen molar-refractivity contribution in [2.75, 3.05) is 19.9 Å². The Morgan fingerprint density at radius 2 is 2.24 bits per heavy atom. The highest BCUT2D eigenvalue weighted by molar-refractivity contribution is 8.00. The summed E-state index contributed by atoms with van der Waals surface area (Å²) in [6, 6.07) is 4.29. The van der Waals surface area contributed by atoms with Crippen LogP contribution in [0, 0.1) is 0 Å². The van der Waals surface area contributed by atoms with Crippen molar-refractivity contribution >= 4 is 11.8 Å². The maximum absolute atomic E-state index is 5.86. The summed E-state index contributed by atoms with van der Waals surface area (Å²) in [6.45, 7) is 4.03. The van der Waals surface area contributed by atoms with E-state index in [2.05, 4.69) is 30.6 Å². The van der Waals surface area contributed by atoms with Gasteiger partial charge >= 0.3 is 0 Å². The molecule has 1 aliphatic carbocycles. The summed E-state index contributed by atoms with van der Waals surface area (Å²) in [5.74, 6) is 2.01. The molecule has 21 heavy (non-hydrogen) atoms. The molecule has 1 aromatic carbocycles. The van der Waals surface area contributed by atoms with Crippen LogP contribution in [0.2, 0.25) is 0 Å². The summed E-state index contributed by atoms with van der Waals surface area (Å²) in [5, 5.41) is 3.62. The number of rotatable bonds is 6. The number of ether oxygens (including phenoxy) is 2. The van der Waals surface area contributed by atoms with E-state index in [0.717, 1.165) is 31.0 Å². The Bertz CT molecular complexity index is 508. The Labute approximate surface area is 131 Å². The topological polar surface area (TPSA) is 30.5 Å². The average molecular weight is 307 g/mol. The fourth-order valence-electron chi connectivity index (χ4n) is 3.26. The minimum atomic E-state index is 0.280. The molecule has 4 heteroatoms. The molecule has 1 fully saturated rings. The second kappa shape index (κ2) is 6.09. The van der Waals surface area contributed by atoms with Crippen molar-refractivity contribution in [2.24, 2.45) is 0 Å². The fraction of sp³-hybridized carbons (Fsp3) is 0.647. The predicted molar refractivity (Wildman–Crippen MR) is 88.6 cm³/mol. The molecule has 0 spiro atoms. The zero-order valence-electron chi connectivity index (χ0n) is 13.2. The highest BCUT2D eigenvalue weighted by Crippen LogP contribution is 2.42. The molecule has 0 aromatic heterocycles. The number of benzene rings is 1. The van der Waals surface area contributed by atoms with Crippen molar-refractivity contribution in [3.63, 3.8) is 0 Å². The molecule has 0 radical (unpaired) electrons. The minimum absolute atomic E-state index is 0.280. The average Bonchev–Trinajstić information content (AvgIpc) is 2.79. The Hall–Kier alpha value is -0.870. The molecular formula is C17H25NO2S. The lowest BCUT2D eigenvalue weighted by Crippen LogP contribution is -2.43. The number of nitrogens with one attached hydrogen (secondary N) is 1. The molecular weight excluding hydrogens is 282 g/mol. The van der Waals surface area contributed by atoms with Gasteiger partial charge < -0.3 is 14.8 Å². The van der Waals surface area contributed by atoms with Crippen LogP contribution < -0.4 is 14.8 Å². The molecule has 1 saturated carbocycles. The molecule has 1 atom stereocenters. The molecule has 0 saturated heterocycles. The molecule has 1 heterocycles. The van der Waals surface area contributed by atoms with E-state index in [1.165, 1.54) is 30.4 Å². The Morgan fingerprint density at radius 3 is 2.86 bits per heavy atom. The normalized spacial score (nSPS) is 22.3. The van der Waals surface area contributed by atoms with E-state index in [4.69, 9.17) is 9.47 Å². The van der Waals surface area contributed by atoms with Crippen LogP contribution in [0.1, 0.15) is 37.3 Å². The smallest absolute Gasteiger partial charge is 0.123 e. The van der Waals surface area contributed by atoms with E-state index >= 15 is 0 Å². The molecule has 1 aliphatic heterocycles. The van der Waals surface area contributed by atoms with E-state index in [0.29, 0.717) is 4.75 Å². The van der Waals surface area contributed by atoms with Gasteiger partial charge in [0.1, 0.15) is 17.6 Å². The second-order valence-electron chi connectivity index (χ2n) is 6.25. The number of thioether (sulfide) groups is 1. The van der Waals surface area contributed by atoms with Crippen LogP contribution in [0.5, 0.6) is 11.5 Å². The SMILES string of the molecule is COc1cc2c(cc1CNCC1(SC)CCC1)OC(C)C2. The van der Waals surface area contributed by atoms with Gasteiger partial charge in [-0.25, -0.2) is 0 Å². The number of hydrogen-bond donors (Lipinski definition) is 1. The summed E-state index contributed by atoms with van der Waals surface area (Å²) in [6.07, 6.45) is 7.53. The van der Waals surface area contributed by atoms with Gasteiger partial charge in [0.2, 0.25) is 0 Å². The van der Waals surface area contributed by atoms with Crippen molar-refractivity contribution in [3.05, 3.63) is 23.3 Å². The highest BCUT2D eigenvalue weighted by atomic mass is 32.2. The largest absolute Gasteiger partial charge is 0.496 e. The number of methoxy groups -OCH3 is 1. The van der Waals surface area contributed by atoms with Gasteiger partial charge in [-0.15, -0.1) is 0 Å². The summed E-state index contributed by atoms with van der Waals surface area (Å²) < 4.78 is 11.9. The molecule has 3 rings (SSSR count). The van der Waals surface area contributed by atoms with Crippen molar-refractivity contribution in [2.45, 2.75) is 50.0 Å². The third-order valence-electron chi connectivity index (χ3n) is 4.76. The van der Waals surface area contributed by atoms with Crippen LogP contribution in [0.4, 0.5) is 0 Å². The van der Waals surface area contributed by atoms with E-state index in [9.17, 15) is 0 Å². The lowest BCUT2D eigenvalue weighted by molar-refractivity contribution is 0.254. The second-order valence-corrected chi connectivity index (χ2v) is 7.52. The van der Waals surface area contributed by atoms with Crippen molar-refractivity contribution in [3.8, 4) is 11.5 Å². The molecule has 0 bridgehead atoms. The van der Waals surface area contributed by atoms with Gasteiger partial charge in [0.25, 0.3) is 0 Å². The predicted octanol–water partition coefficient (Wildman–Crippen LogP) is 3.39. The van der Waals surface area contributed by atoms with Gasteiger partial charge in [0.15, 0.2) is 0 Å². The number of hydrogen-bond acceptors (Lipinski definition) is 4. The van der Waals surface area contributed by atoms with Crippen LogP contribution >= 0.6 is 11.8 Å². The van der Waals surface area contributed by atoms with Crippen LogP contribution in [-0.2, 0) is 13.0 Å². The Kier molecular flexibility index (Phi) is 4.36. The van der Waals surface area contributed by atoms with Crippen LogP contribution in [0.3, 0.4) is 0 Å². The lowest BCUT2D eigenvalue weighted by atomic mass is 9.84. The lowest BCUT2D eigenvalue weighted by Gasteiger charge is -2.40. The van der Waals surface area contributed by atoms with Gasteiger partial charge in [0.05, 0.1) is 7.11 Å². The summed E-state index contributed by atoms with van der Waals surface area (Å²) >= 11 is 2.01. The minimum Gasteiger partial charge on any atom is -0.496 e. The van der Waals surface area contributed by atoms with Gasteiger partial charge in [-0.1, -0.05) is 6.42 Å². The van der Waals surface area contributed by atoms with E-state index in [1.807, 2.05) is 11.8 Å². The van der Waals surface area contributed by atoms with Gasteiger partial charge in [-0.05, 0) is 38.2 Å². The zero-order valence-corrected chi connectivity index (χ0v) is 14.0. The van der Waals surface area contributed by atoms with Crippen LogP contribution in [-0.4, -0.2) is 30.8 Å². The molecule has 116 valence electrons. The third kappa shape index (κ3) is 3.02. The molecule has 3 nitrogen and oxygen atoms in total. The Balaban J connectivity index is 1.66. The zero-order chi connectivity index (χ0) is 14.9. The van der Waals surface area contributed by atoms with Gasteiger partial charge in [-0.2, -0.15) is 11.8 Å². The molecule has 2 aliphatic rings. The standard InChI is InChI=1S/C17H25NO2S/c1-12-7-13-8-15(19-2)14(9-16(13)20-12)10-18-11-17(21-3)5-4-6-17/h8-9,12,18H,4-7,10-11H2,1-3H3. The van der Waals surface area contributed by atoms with Gasteiger partial charge in [-0.3, -0.25) is 0 Å². The first-order chi connectivity index (χ1) is 10.2. The summed E-state index contributed by atoms with van der Waals surface area (Å²) in [5.41, 5.74) is 2.46. The third-order valence-corrected chi connectivity index (χ3v) is 6.18. The Morgan fingerprint density at radius 1 is 1.43 bits per heavy atom. The van der Waals surface area contributed by atoms with Gasteiger partial charge in [0, 0.05) is 35.4 Å². The van der Waals surface area contributed by atoms with Crippen molar-refractivity contribution in [1.29, 1.82) is 0 Å². The summed E-state index contributed by atoms with van der Waals surface area (Å²) in [4.78, 5) is 0.